The van der Waals surface area contributed by atoms with E-state index in [0.717, 1.165) is 5.56 Å². The number of rotatable bonds is 7. The minimum Gasteiger partial charge on any atom is -0.508 e. The summed E-state index contributed by atoms with van der Waals surface area (Å²) in [5, 5.41) is 13.1. The Hall–Kier alpha value is -2.79. The summed E-state index contributed by atoms with van der Waals surface area (Å²) in [5.74, 6) is 1.42. The zero-order chi connectivity index (χ0) is 20.1. The number of benzene rings is 2. The van der Waals surface area contributed by atoms with Crippen molar-refractivity contribution in [2.75, 3.05) is 6.61 Å². The average molecular weight is 393 g/mol. The Morgan fingerprint density at radius 3 is 2.62 bits per heavy atom. The van der Waals surface area contributed by atoms with Crippen LogP contribution in [0.4, 0.5) is 0 Å². The predicted molar refractivity (Wildman–Crippen MR) is 113 cm³/mol. The maximum Gasteiger partial charge on any atom is 0.200 e. The second-order valence-corrected chi connectivity index (χ2v) is 7.80. The highest BCUT2D eigenvalue weighted by molar-refractivity contribution is 5.83. The Bertz CT molecular complexity index is 1000. The SMILES string of the molecule is O=c1c(CNCc2ccc(O)cc2)coc2cccc(OCC3CCCCC3)c12. The summed E-state index contributed by atoms with van der Waals surface area (Å²) in [6.45, 7) is 1.65. The van der Waals surface area contributed by atoms with E-state index in [0.29, 0.717) is 47.9 Å². The van der Waals surface area contributed by atoms with Crippen LogP contribution in [0.15, 0.2) is 57.9 Å². The van der Waals surface area contributed by atoms with Crippen LogP contribution < -0.4 is 15.5 Å². The fourth-order valence-corrected chi connectivity index (χ4v) is 3.94. The molecule has 152 valence electrons. The molecule has 4 rings (SSSR count). The van der Waals surface area contributed by atoms with Crippen LogP contribution >= 0.6 is 0 Å². The monoisotopic (exact) mass is 393 g/mol. The Labute approximate surface area is 170 Å². The zero-order valence-electron chi connectivity index (χ0n) is 16.5. The first kappa shape index (κ1) is 19.5. The fraction of sp³-hybridized carbons (Fsp3) is 0.375. The summed E-state index contributed by atoms with van der Waals surface area (Å²) in [4.78, 5) is 13.1. The van der Waals surface area contributed by atoms with E-state index in [-0.39, 0.29) is 11.2 Å². The minimum absolute atomic E-state index is 0.0521. The molecule has 0 amide bonds. The molecule has 0 atom stereocenters. The van der Waals surface area contributed by atoms with Gasteiger partial charge in [-0.25, -0.2) is 0 Å². The van der Waals surface area contributed by atoms with Crippen LogP contribution in [0.3, 0.4) is 0 Å². The highest BCUT2D eigenvalue weighted by Crippen LogP contribution is 2.27. The van der Waals surface area contributed by atoms with Crippen LogP contribution in [0, 0.1) is 5.92 Å². The van der Waals surface area contributed by atoms with Crippen molar-refractivity contribution in [1.82, 2.24) is 5.32 Å². The number of phenolic OH excluding ortho intramolecular Hbond substituents is 1. The number of phenols is 1. The van der Waals surface area contributed by atoms with Crippen LogP contribution in [0.25, 0.3) is 11.0 Å². The first-order valence-electron chi connectivity index (χ1n) is 10.4. The lowest BCUT2D eigenvalue weighted by molar-refractivity contribution is 0.210. The van der Waals surface area contributed by atoms with Gasteiger partial charge in [0.15, 0.2) is 0 Å². The van der Waals surface area contributed by atoms with Gasteiger partial charge in [-0.3, -0.25) is 4.79 Å². The van der Waals surface area contributed by atoms with Gasteiger partial charge in [0, 0.05) is 18.7 Å². The molecule has 29 heavy (non-hydrogen) atoms. The smallest absolute Gasteiger partial charge is 0.200 e. The molecule has 1 heterocycles. The van der Waals surface area contributed by atoms with Crippen molar-refractivity contribution >= 4 is 11.0 Å². The number of ether oxygens (including phenoxy) is 1. The summed E-state index contributed by atoms with van der Waals surface area (Å²) in [7, 11) is 0. The molecule has 1 fully saturated rings. The molecule has 5 nitrogen and oxygen atoms in total. The van der Waals surface area contributed by atoms with Crippen molar-refractivity contribution in [3.05, 3.63) is 70.1 Å². The standard InChI is InChI=1S/C24H27NO4/c26-20-11-9-17(10-12-20)13-25-14-19-16-29-22-8-4-7-21(23(22)24(19)27)28-15-18-5-2-1-3-6-18/h4,7-12,16,18,25-26H,1-3,5-6,13-15H2. The van der Waals surface area contributed by atoms with E-state index < -0.39 is 0 Å². The highest BCUT2D eigenvalue weighted by atomic mass is 16.5. The van der Waals surface area contributed by atoms with Crippen LogP contribution in [0.1, 0.15) is 43.2 Å². The van der Waals surface area contributed by atoms with E-state index in [4.69, 9.17) is 9.15 Å². The summed E-state index contributed by atoms with van der Waals surface area (Å²) < 4.78 is 11.8. The van der Waals surface area contributed by atoms with Crippen molar-refractivity contribution in [3.63, 3.8) is 0 Å². The molecule has 1 aromatic heterocycles. The minimum atomic E-state index is -0.0521. The van der Waals surface area contributed by atoms with Gasteiger partial charge in [0.05, 0.1) is 12.9 Å². The van der Waals surface area contributed by atoms with Crippen molar-refractivity contribution in [1.29, 1.82) is 0 Å². The Kier molecular flexibility index (Phi) is 6.15. The number of aromatic hydroxyl groups is 1. The average Bonchev–Trinajstić information content (AvgIpc) is 2.76. The molecule has 1 aliphatic carbocycles. The fourth-order valence-electron chi connectivity index (χ4n) is 3.94. The first-order valence-corrected chi connectivity index (χ1v) is 10.4. The van der Waals surface area contributed by atoms with Crippen molar-refractivity contribution in [2.45, 2.75) is 45.2 Å². The lowest BCUT2D eigenvalue weighted by atomic mass is 9.90. The molecule has 0 saturated heterocycles. The third-order valence-electron chi connectivity index (χ3n) is 5.62. The van der Waals surface area contributed by atoms with Crippen LogP contribution in [0.2, 0.25) is 0 Å². The molecule has 0 radical (unpaired) electrons. The number of fused-ring (bicyclic) bond motifs is 1. The molecule has 5 heteroatoms. The molecule has 0 aliphatic heterocycles. The van der Waals surface area contributed by atoms with Gasteiger partial charge in [-0.05, 0) is 48.6 Å². The number of hydrogen-bond donors (Lipinski definition) is 2. The first-order chi connectivity index (χ1) is 14.2. The van der Waals surface area contributed by atoms with Gasteiger partial charge in [0.2, 0.25) is 5.43 Å². The maximum atomic E-state index is 13.1. The maximum absolute atomic E-state index is 13.1. The quantitative estimate of drug-likeness (QED) is 0.606. The third kappa shape index (κ3) is 4.80. The topological polar surface area (TPSA) is 71.7 Å². The van der Waals surface area contributed by atoms with Crippen molar-refractivity contribution in [2.24, 2.45) is 5.92 Å². The molecule has 2 aromatic carbocycles. The van der Waals surface area contributed by atoms with Gasteiger partial charge >= 0.3 is 0 Å². The van der Waals surface area contributed by atoms with E-state index in [9.17, 15) is 9.90 Å². The summed E-state index contributed by atoms with van der Waals surface area (Å²) in [5.41, 5.74) is 2.11. The van der Waals surface area contributed by atoms with Crippen molar-refractivity contribution < 1.29 is 14.3 Å². The molecule has 1 saturated carbocycles. The van der Waals surface area contributed by atoms with Gasteiger partial charge in [-0.1, -0.05) is 37.5 Å². The molecule has 0 spiro atoms. The van der Waals surface area contributed by atoms with Crippen LogP contribution in [0.5, 0.6) is 11.5 Å². The zero-order valence-corrected chi connectivity index (χ0v) is 16.5. The van der Waals surface area contributed by atoms with Gasteiger partial charge in [0.25, 0.3) is 0 Å². The van der Waals surface area contributed by atoms with Gasteiger partial charge in [-0.2, -0.15) is 0 Å². The number of nitrogens with one attached hydrogen (secondary N) is 1. The molecular formula is C24H27NO4. The molecule has 1 aliphatic rings. The Balaban J connectivity index is 1.47. The molecule has 2 N–H and O–H groups in total. The number of hydrogen-bond acceptors (Lipinski definition) is 5. The van der Waals surface area contributed by atoms with Crippen molar-refractivity contribution in [3.8, 4) is 11.5 Å². The van der Waals surface area contributed by atoms with E-state index in [1.54, 1.807) is 18.2 Å². The Morgan fingerprint density at radius 1 is 1.03 bits per heavy atom. The van der Waals surface area contributed by atoms with Gasteiger partial charge in [-0.15, -0.1) is 0 Å². The van der Waals surface area contributed by atoms with Gasteiger partial charge < -0.3 is 19.6 Å². The summed E-state index contributed by atoms with van der Waals surface area (Å²) in [6.07, 6.45) is 7.77. The molecule has 0 unspecified atom stereocenters. The van der Waals surface area contributed by atoms with E-state index in [1.807, 2.05) is 24.3 Å². The molecule has 0 bridgehead atoms. The van der Waals surface area contributed by atoms with E-state index >= 15 is 0 Å². The largest absolute Gasteiger partial charge is 0.508 e. The Morgan fingerprint density at radius 2 is 1.83 bits per heavy atom. The van der Waals surface area contributed by atoms with Crippen LogP contribution in [-0.2, 0) is 13.1 Å². The summed E-state index contributed by atoms with van der Waals surface area (Å²) >= 11 is 0. The second kappa shape index (κ2) is 9.14. The van der Waals surface area contributed by atoms with E-state index in [1.165, 1.54) is 38.4 Å². The highest BCUT2D eigenvalue weighted by Gasteiger charge is 2.16. The summed E-state index contributed by atoms with van der Waals surface area (Å²) in [6, 6.07) is 12.5. The van der Waals surface area contributed by atoms with Crippen LogP contribution in [-0.4, -0.2) is 11.7 Å². The normalized spacial score (nSPS) is 14.9. The lowest BCUT2D eigenvalue weighted by Crippen LogP contribution is -2.20. The predicted octanol–water partition coefficient (Wildman–Crippen LogP) is 4.75. The van der Waals surface area contributed by atoms with Gasteiger partial charge in [0.1, 0.15) is 22.5 Å². The lowest BCUT2D eigenvalue weighted by Gasteiger charge is -2.22. The van der Waals surface area contributed by atoms with E-state index in [2.05, 4.69) is 5.32 Å². The molecule has 3 aromatic rings. The molecular weight excluding hydrogens is 366 g/mol. The third-order valence-corrected chi connectivity index (χ3v) is 5.62. The second-order valence-electron chi connectivity index (χ2n) is 7.80.